The van der Waals surface area contributed by atoms with Crippen molar-refractivity contribution in [1.29, 1.82) is 0 Å². The van der Waals surface area contributed by atoms with E-state index < -0.39 is 18.5 Å². The maximum Gasteiger partial charge on any atom is 0.341 e. The number of esters is 1. The number of pyridine rings is 2. The first-order chi connectivity index (χ1) is 13.9. The van der Waals surface area contributed by atoms with Crippen LogP contribution in [0, 0.1) is 13.8 Å². The predicted molar refractivity (Wildman–Crippen MR) is 108 cm³/mol. The van der Waals surface area contributed by atoms with Crippen LogP contribution in [0.1, 0.15) is 27.4 Å². The number of aryl methyl sites for hydroxylation is 2. The molecule has 3 aromatic rings. The quantitative estimate of drug-likeness (QED) is 0.443. The van der Waals surface area contributed by atoms with Gasteiger partial charge >= 0.3 is 5.97 Å². The molecule has 150 valence electrons. The third-order valence-corrected chi connectivity index (χ3v) is 5.11. The van der Waals surface area contributed by atoms with Crippen LogP contribution in [0.25, 0.3) is 0 Å². The number of nitrogens with one attached hydrogen (secondary N) is 1. The van der Waals surface area contributed by atoms with Crippen molar-refractivity contribution in [1.82, 2.24) is 15.1 Å². The van der Waals surface area contributed by atoms with Crippen LogP contribution in [0.3, 0.4) is 0 Å². The number of hydrogen-bond donors (Lipinski definition) is 1. The van der Waals surface area contributed by atoms with Crippen LogP contribution in [0.4, 0.5) is 5.82 Å². The SMILES string of the molecule is Cc1noc(C)c1CSc1ncccc1C(=O)OCC(=O)Nc1ccc(Cl)cn1. The van der Waals surface area contributed by atoms with Gasteiger partial charge in [-0.1, -0.05) is 16.8 Å². The summed E-state index contributed by atoms with van der Waals surface area (Å²) >= 11 is 7.11. The molecular formula is C19H17ClN4O4S. The van der Waals surface area contributed by atoms with Crippen LogP contribution in [0.5, 0.6) is 0 Å². The van der Waals surface area contributed by atoms with Gasteiger partial charge in [-0.3, -0.25) is 4.79 Å². The molecule has 0 radical (unpaired) electrons. The zero-order valence-corrected chi connectivity index (χ0v) is 17.2. The molecule has 0 saturated carbocycles. The lowest BCUT2D eigenvalue weighted by molar-refractivity contribution is -0.119. The fraction of sp³-hybridized carbons (Fsp3) is 0.211. The number of hydrogen-bond acceptors (Lipinski definition) is 8. The Kier molecular flexibility index (Phi) is 6.84. The van der Waals surface area contributed by atoms with E-state index in [9.17, 15) is 9.59 Å². The first-order valence-corrected chi connectivity index (χ1v) is 9.88. The minimum absolute atomic E-state index is 0.279. The molecular weight excluding hydrogens is 416 g/mol. The van der Waals surface area contributed by atoms with E-state index in [1.165, 1.54) is 18.0 Å². The molecule has 0 spiro atoms. The van der Waals surface area contributed by atoms with E-state index in [4.69, 9.17) is 20.9 Å². The maximum atomic E-state index is 12.4. The fourth-order valence-electron chi connectivity index (χ4n) is 2.35. The molecule has 3 heterocycles. The minimum atomic E-state index is -0.640. The number of halogens is 1. The summed E-state index contributed by atoms with van der Waals surface area (Å²) in [5.74, 6) is 0.428. The molecule has 3 aromatic heterocycles. The van der Waals surface area contributed by atoms with Crippen LogP contribution in [0.15, 0.2) is 46.2 Å². The molecule has 10 heteroatoms. The zero-order chi connectivity index (χ0) is 20.8. The second-order valence-corrected chi connectivity index (χ2v) is 7.33. The van der Waals surface area contributed by atoms with E-state index in [-0.39, 0.29) is 5.56 Å². The van der Waals surface area contributed by atoms with Crippen molar-refractivity contribution in [2.45, 2.75) is 24.6 Å². The summed E-state index contributed by atoms with van der Waals surface area (Å²) in [5.41, 5.74) is 2.03. The molecule has 0 aliphatic rings. The largest absolute Gasteiger partial charge is 0.452 e. The van der Waals surface area contributed by atoms with Crippen LogP contribution >= 0.6 is 23.4 Å². The monoisotopic (exact) mass is 432 g/mol. The van der Waals surface area contributed by atoms with Crippen LogP contribution in [-0.4, -0.2) is 33.6 Å². The van der Waals surface area contributed by atoms with E-state index in [2.05, 4.69) is 20.4 Å². The number of amides is 1. The van der Waals surface area contributed by atoms with Crippen molar-refractivity contribution in [3.63, 3.8) is 0 Å². The number of thioether (sulfide) groups is 1. The summed E-state index contributed by atoms with van der Waals surface area (Å²) in [5, 5.41) is 7.39. The highest BCUT2D eigenvalue weighted by atomic mass is 35.5. The van der Waals surface area contributed by atoms with E-state index in [0.717, 1.165) is 17.0 Å². The summed E-state index contributed by atoms with van der Waals surface area (Å²) in [6.45, 7) is 3.23. The number of carbonyl (C=O) groups excluding carboxylic acids is 2. The third kappa shape index (κ3) is 5.55. The summed E-state index contributed by atoms with van der Waals surface area (Å²) in [4.78, 5) is 32.6. The molecule has 1 N–H and O–H groups in total. The summed E-state index contributed by atoms with van der Waals surface area (Å²) in [7, 11) is 0. The van der Waals surface area contributed by atoms with Crippen molar-refractivity contribution in [2.75, 3.05) is 11.9 Å². The number of carbonyl (C=O) groups is 2. The van der Waals surface area contributed by atoms with Crippen molar-refractivity contribution in [3.8, 4) is 0 Å². The van der Waals surface area contributed by atoms with Crippen molar-refractivity contribution in [2.24, 2.45) is 0 Å². The third-order valence-electron chi connectivity index (χ3n) is 3.85. The Morgan fingerprint density at radius 1 is 1.24 bits per heavy atom. The molecule has 1 amide bonds. The van der Waals surface area contributed by atoms with Crippen molar-refractivity contribution >= 4 is 41.1 Å². The lowest BCUT2D eigenvalue weighted by atomic mass is 10.2. The maximum absolute atomic E-state index is 12.4. The van der Waals surface area contributed by atoms with E-state index >= 15 is 0 Å². The molecule has 0 saturated heterocycles. The van der Waals surface area contributed by atoms with Crippen molar-refractivity contribution < 1.29 is 18.8 Å². The van der Waals surface area contributed by atoms with Gasteiger partial charge in [-0.15, -0.1) is 11.8 Å². The Balaban J connectivity index is 1.59. The Hall–Kier alpha value is -2.91. The Morgan fingerprint density at radius 3 is 2.76 bits per heavy atom. The van der Waals surface area contributed by atoms with Gasteiger partial charge in [0.05, 0.1) is 16.3 Å². The van der Waals surface area contributed by atoms with Crippen LogP contribution in [0.2, 0.25) is 5.02 Å². The number of aromatic nitrogens is 3. The van der Waals surface area contributed by atoms with Gasteiger partial charge in [0.25, 0.3) is 5.91 Å². The molecule has 0 aromatic carbocycles. The highest BCUT2D eigenvalue weighted by Crippen LogP contribution is 2.27. The summed E-state index contributed by atoms with van der Waals surface area (Å²) in [6.07, 6.45) is 2.99. The van der Waals surface area contributed by atoms with E-state index in [1.807, 2.05) is 13.8 Å². The average molecular weight is 433 g/mol. The van der Waals surface area contributed by atoms with Gasteiger partial charge in [-0.25, -0.2) is 14.8 Å². The molecule has 0 bridgehead atoms. The van der Waals surface area contributed by atoms with Crippen molar-refractivity contribution in [3.05, 3.63) is 64.3 Å². The first-order valence-electron chi connectivity index (χ1n) is 8.52. The standard InChI is InChI=1S/C19H17ClN4O4S/c1-11-15(12(2)28-24-11)10-29-18-14(4-3-7-21-18)19(26)27-9-17(25)23-16-6-5-13(20)8-22-16/h3-8H,9-10H2,1-2H3,(H,22,23,25). The minimum Gasteiger partial charge on any atom is -0.452 e. The number of anilines is 1. The molecule has 0 atom stereocenters. The van der Waals surface area contributed by atoms with E-state index in [0.29, 0.717) is 21.6 Å². The molecule has 0 aliphatic carbocycles. The second-order valence-electron chi connectivity index (χ2n) is 5.93. The lowest BCUT2D eigenvalue weighted by Crippen LogP contribution is -2.21. The topological polar surface area (TPSA) is 107 Å². The zero-order valence-electron chi connectivity index (χ0n) is 15.6. The number of nitrogens with zero attached hydrogens (tertiary/aromatic N) is 3. The second kappa shape index (κ2) is 9.53. The van der Waals surface area contributed by atoms with Gasteiger partial charge in [-0.05, 0) is 38.1 Å². The molecule has 8 nitrogen and oxygen atoms in total. The molecule has 0 aliphatic heterocycles. The van der Waals surface area contributed by atoms with Gasteiger partial charge < -0.3 is 14.6 Å². The summed E-state index contributed by atoms with van der Waals surface area (Å²) < 4.78 is 10.3. The van der Waals surface area contributed by atoms with Crippen LogP contribution in [-0.2, 0) is 15.3 Å². The van der Waals surface area contributed by atoms with Gasteiger partial charge in [0, 0.05) is 23.7 Å². The highest BCUT2D eigenvalue weighted by molar-refractivity contribution is 7.98. The number of rotatable bonds is 7. The Labute approximate surface area is 176 Å². The average Bonchev–Trinajstić information content (AvgIpc) is 3.04. The fourth-order valence-corrected chi connectivity index (χ4v) is 3.59. The molecule has 0 fully saturated rings. The first kappa shape index (κ1) is 20.8. The molecule has 0 unspecified atom stereocenters. The normalized spacial score (nSPS) is 10.6. The lowest BCUT2D eigenvalue weighted by Gasteiger charge is -2.09. The van der Waals surface area contributed by atoms with Gasteiger partial charge in [0.2, 0.25) is 0 Å². The van der Waals surface area contributed by atoms with Gasteiger partial charge in [0.1, 0.15) is 16.6 Å². The van der Waals surface area contributed by atoms with Gasteiger partial charge in [0.15, 0.2) is 6.61 Å². The smallest absolute Gasteiger partial charge is 0.341 e. The number of ether oxygens (including phenoxy) is 1. The highest BCUT2D eigenvalue weighted by Gasteiger charge is 2.17. The predicted octanol–water partition coefficient (Wildman–Crippen LogP) is 3.82. The molecule has 3 rings (SSSR count). The van der Waals surface area contributed by atoms with Gasteiger partial charge in [-0.2, -0.15) is 0 Å². The molecule has 29 heavy (non-hydrogen) atoms. The van der Waals surface area contributed by atoms with E-state index in [1.54, 1.807) is 30.5 Å². The Morgan fingerprint density at radius 2 is 2.07 bits per heavy atom. The van der Waals surface area contributed by atoms with Crippen LogP contribution < -0.4 is 5.32 Å². The Bertz CT molecular complexity index is 1000. The summed E-state index contributed by atoms with van der Waals surface area (Å²) in [6, 6.07) is 6.37.